The summed E-state index contributed by atoms with van der Waals surface area (Å²) in [6, 6.07) is 10.4. The van der Waals surface area contributed by atoms with Crippen molar-refractivity contribution in [3.8, 4) is 5.75 Å². The number of rotatable bonds is 3. The Morgan fingerprint density at radius 1 is 1.22 bits per heavy atom. The first-order valence-corrected chi connectivity index (χ1v) is 6.28. The molecule has 94 valence electrons. The molecule has 2 aromatic carbocycles. The highest BCUT2D eigenvalue weighted by molar-refractivity contribution is 9.10. The van der Waals surface area contributed by atoms with Crippen LogP contribution in [0.4, 0.5) is 10.1 Å². The van der Waals surface area contributed by atoms with Gasteiger partial charge < -0.3 is 10.5 Å². The molecule has 0 bridgehead atoms. The maximum atomic E-state index is 13.3. The summed E-state index contributed by atoms with van der Waals surface area (Å²) in [6.45, 7) is 2.08. The van der Waals surface area contributed by atoms with Gasteiger partial charge in [-0.05, 0) is 52.2 Å². The Morgan fingerprint density at radius 3 is 2.67 bits per heavy atom. The molecule has 0 fully saturated rings. The lowest BCUT2D eigenvalue weighted by Gasteiger charge is -2.08. The van der Waals surface area contributed by atoms with Crippen LogP contribution >= 0.6 is 15.9 Å². The smallest absolute Gasteiger partial charge is 0.129 e. The van der Waals surface area contributed by atoms with E-state index in [4.69, 9.17) is 10.5 Å². The van der Waals surface area contributed by atoms with Crippen molar-refractivity contribution < 1.29 is 9.13 Å². The van der Waals surface area contributed by atoms with E-state index in [9.17, 15) is 4.39 Å². The molecule has 0 saturated heterocycles. The summed E-state index contributed by atoms with van der Waals surface area (Å²) in [6.07, 6.45) is 0. The van der Waals surface area contributed by atoms with E-state index in [0.29, 0.717) is 23.6 Å². The Labute approximate surface area is 114 Å². The number of hydrogen-bond acceptors (Lipinski definition) is 2. The zero-order valence-electron chi connectivity index (χ0n) is 9.91. The van der Waals surface area contributed by atoms with Crippen LogP contribution in [0.5, 0.6) is 5.75 Å². The summed E-state index contributed by atoms with van der Waals surface area (Å²) in [5.41, 5.74) is 7.98. The molecular formula is C14H13BrFNO. The van der Waals surface area contributed by atoms with Crippen LogP contribution in [0.3, 0.4) is 0 Å². The number of halogens is 2. The average molecular weight is 310 g/mol. The van der Waals surface area contributed by atoms with Crippen LogP contribution in [0.25, 0.3) is 0 Å². The molecule has 2 aromatic rings. The molecule has 2 rings (SSSR count). The normalized spacial score (nSPS) is 10.4. The molecule has 2 nitrogen and oxygen atoms in total. The molecule has 0 aliphatic rings. The molecule has 18 heavy (non-hydrogen) atoms. The predicted molar refractivity (Wildman–Crippen MR) is 74.0 cm³/mol. The predicted octanol–water partition coefficient (Wildman–Crippen LogP) is 4.06. The van der Waals surface area contributed by atoms with Crippen molar-refractivity contribution in [2.24, 2.45) is 0 Å². The van der Waals surface area contributed by atoms with Crippen molar-refractivity contribution in [1.29, 1.82) is 0 Å². The van der Waals surface area contributed by atoms with Crippen molar-refractivity contribution >= 4 is 21.6 Å². The molecule has 4 heteroatoms. The minimum atomic E-state index is -0.261. The summed E-state index contributed by atoms with van der Waals surface area (Å²) >= 11 is 3.33. The number of ether oxygens (including phenoxy) is 1. The Balaban J connectivity index is 2.06. The van der Waals surface area contributed by atoms with Crippen molar-refractivity contribution in [1.82, 2.24) is 0 Å². The monoisotopic (exact) mass is 309 g/mol. The fourth-order valence-corrected chi connectivity index (χ4v) is 1.76. The van der Waals surface area contributed by atoms with E-state index in [-0.39, 0.29) is 5.82 Å². The van der Waals surface area contributed by atoms with E-state index >= 15 is 0 Å². The highest BCUT2D eigenvalue weighted by atomic mass is 79.9. The van der Waals surface area contributed by atoms with Crippen molar-refractivity contribution in [2.75, 3.05) is 5.73 Å². The summed E-state index contributed by atoms with van der Waals surface area (Å²) in [7, 11) is 0. The molecule has 0 unspecified atom stereocenters. The van der Waals surface area contributed by atoms with E-state index in [1.165, 1.54) is 6.07 Å². The number of anilines is 1. The van der Waals surface area contributed by atoms with Crippen LogP contribution in [0, 0.1) is 12.7 Å². The van der Waals surface area contributed by atoms with E-state index in [2.05, 4.69) is 15.9 Å². The maximum absolute atomic E-state index is 13.3. The van der Waals surface area contributed by atoms with Crippen molar-refractivity contribution in [3.05, 3.63) is 57.8 Å². The van der Waals surface area contributed by atoms with E-state index in [0.717, 1.165) is 10.0 Å². The average Bonchev–Trinajstić information content (AvgIpc) is 2.35. The molecule has 0 heterocycles. The summed E-state index contributed by atoms with van der Waals surface area (Å²) < 4.78 is 19.7. The largest absolute Gasteiger partial charge is 0.489 e. The lowest BCUT2D eigenvalue weighted by atomic mass is 10.2. The van der Waals surface area contributed by atoms with Gasteiger partial charge in [0.15, 0.2) is 0 Å². The van der Waals surface area contributed by atoms with Crippen molar-refractivity contribution in [3.63, 3.8) is 0 Å². The van der Waals surface area contributed by atoms with Crippen molar-refractivity contribution in [2.45, 2.75) is 13.5 Å². The van der Waals surface area contributed by atoms with E-state index in [1.807, 2.05) is 18.2 Å². The van der Waals surface area contributed by atoms with Crippen LogP contribution in [-0.2, 0) is 6.61 Å². The van der Waals surface area contributed by atoms with E-state index in [1.54, 1.807) is 19.1 Å². The molecule has 2 N–H and O–H groups in total. The molecule has 0 saturated carbocycles. The van der Waals surface area contributed by atoms with Gasteiger partial charge in [-0.2, -0.15) is 0 Å². The molecule has 0 aliphatic heterocycles. The molecule has 0 atom stereocenters. The fourth-order valence-electron chi connectivity index (χ4n) is 1.51. The standard InChI is InChI=1S/C14H13BrFNO/c1-9-2-4-11(7-13(9)16)18-8-10-3-5-12(15)14(17)6-10/h2-7H,8,17H2,1H3. The first-order valence-electron chi connectivity index (χ1n) is 5.49. The minimum Gasteiger partial charge on any atom is -0.489 e. The summed E-state index contributed by atoms with van der Waals surface area (Å²) in [5.74, 6) is 0.252. The number of hydrogen-bond donors (Lipinski definition) is 1. The number of aryl methyl sites for hydroxylation is 1. The third kappa shape index (κ3) is 3.01. The molecule has 0 radical (unpaired) electrons. The van der Waals surface area contributed by atoms with Crippen LogP contribution in [0.15, 0.2) is 40.9 Å². The first kappa shape index (κ1) is 12.9. The van der Waals surface area contributed by atoms with Gasteiger partial charge in [-0.25, -0.2) is 4.39 Å². The van der Waals surface area contributed by atoms with Gasteiger partial charge in [0.25, 0.3) is 0 Å². The Kier molecular flexibility index (Phi) is 3.87. The summed E-state index contributed by atoms with van der Waals surface area (Å²) in [5, 5.41) is 0. The van der Waals surface area contributed by atoms with E-state index < -0.39 is 0 Å². The lowest BCUT2D eigenvalue weighted by molar-refractivity contribution is 0.304. The van der Waals surface area contributed by atoms with Crippen LogP contribution < -0.4 is 10.5 Å². The maximum Gasteiger partial charge on any atom is 0.129 e. The lowest BCUT2D eigenvalue weighted by Crippen LogP contribution is -1.98. The third-order valence-corrected chi connectivity index (χ3v) is 3.33. The zero-order chi connectivity index (χ0) is 13.1. The molecular weight excluding hydrogens is 297 g/mol. The Morgan fingerprint density at radius 2 is 2.00 bits per heavy atom. The quantitative estimate of drug-likeness (QED) is 0.868. The second kappa shape index (κ2) is 5.40. The summed E-state index contributed by atoms with van der Waals surface area (Å²) in [4.78, 5) is 0. The Bertz CT molecular complexity index is 520. The van der Waals surface area contributed by atoms with Gasteiger partial charge in [-0.1, -0.05) is 12.1 Å². The van der Waals surface area contributed by atoms with Crippen LogP contribution in [-0.4, -0.2) is 0 Å². The molecule has 0 aliphatic carbocycles. The van der Waals surface area contributed by atoms with Gasteiger partial charge in [0.1, 0.15) is 18.2 Å². The highest BCUT2D eigenvalue weighted by Gasteiger charge is 2.02. The number of nitrogens with two attached hydrogens (primary N) is 1. The van der Waals surface area contributed by atoms with Gasteiger partial charge in [0, 0.05) is 16.2 Å². The van der Waals surface area contributed by atoms with Gasteiger partial charge in [0.2, 0.25) is 0 Å². The second-order valence-electron chi connectivity index (χ2n) is 4.06. The second-order valence-corrected chi connectivity index (χ2v) is 4.91. The number of benzene rings is 2. The minimum absolute atomic E-state index is 0.261. The third-order valence-electron chi connectivity index (χ3n) is 2.61. The van der Waals surface area contributed by atoms with Crippen LogP contribution in [0.1, 0.15) is 11.1 Å². The zero-order valence-corrected chi connectivity index (χ0v) is 11.5. The highest BCUT2D eigenvalue weighted by Crippen LogP contribution is 2.22. The van der Waals surface area contributed by atoms with Gasteiger partial charge in [0.05, 0.1) is 0 Å². The first-order chi connectivity index (χ1) is 8.56. The van der Waals surface area contributed by atoms with Gasteiger partial charge >= 0.3 is 0 Å². The molecule has 0 amide bonds. The number of nitrogen functional groups attached to an aromatic ring is 1. The topological polar surface area (TPSA) is 35.2 Å². The molecule has 0 spiro atoms. The van der Waals surface area contributed by atoms with Gasteiger partial charge in [-0.15, -0.1) is 0 Å². The molecule has 0 aromatic heterocycles. The SMILES string of the molecule is Cc1ccc(OCc2ccc(Br)c(N)c2)cc1F. The van der Waals surface area contributed by atoms with Crippen LogP contribution in [0.2, 0.25) is 0 Å². The fraction of sp³-hybridized carbons (Fsp3) is 0.143. The Hall–Kier alpha value is -1.55. The van der Waals surface area contributed by atoms with Gasteiger partial charge in [-0.3, -0.25) is 0 Å².